The van der Waals surface area contributed by atoms with Crippen molar-refractivity contribution in [1.29, 1.82) is 0 Å². The van der Waals surface area contributed by atoms with Crippen molar-refractivity contribution in [3.8, 4) is 11.4 Å². The van der Waals surface area contributed by atoms with E-state index in [0.29, 0.717) is 5.69 Å². The van der Waals surface area contributed by atoms with Crippen LogP contribution in [0, 0.1) is 0 Å². The van der Waals surface area contributed by atoms with E-state index in [1.54, 1.807) is 12.1 Å². The molecule has 0 fully saturated rings. The Hall–Kier alpha value is -2.74. The number of aromatic hydroxyl groups is 1. The molecule has 0 aliphatic heterocycles. The summed E-state index contributed by atoms with van der Waals surface area (Å²) in [6, 6.07) is 14.6. The number of tetrazole rings is 1. The van der Waals surface area contributed by atoms with Gasteiger partial charge in [-0.05, 0) is 47.7 Å². The SMILES string of the molecule is CC(c1nnnn1-c1ccccc1)S(=O)(=O)c1cccc(O)c1. The van der Waals surface area contributed by atoms with E-state index in [0.717, 1.165) is 0 Å². The fourth-order valence-electron chi connectivity index (χ4n) is 2.20. The number of para-hydroxylation sites is 1. The van der Waals surface area contributed by atoms with Crippen molar-refractivity contribution < 1.29 is 13.5 Å². The third-order valence-corrected chi connectivity index (χ3v) is 5.52. The van der Waals surface area contributed by atoms with Crippen LogP contribution in [0.5, 0.6) is 5.75 Å². The fourth-order valence-corrected chi connectivity index (χ4v) is 3.59. The zero-order valence-electron chi connectivity index (χ0n) is 12.2. The maximum atomic E-state index is 12.7. The molecular formula is C15H14N4O3S. The molecule has 7 nitrogen and oxygen atoms in total. The molecule has 0 bridgehead atoms. The van der Waals surface area contributed by atoms with E-state index in [1.165, 1.54) is 35.9 Å². The Morgan fingerprint density at radius 2 is 1.83 bits per heavy atom. The standard InChI is InChI=1S/C15H14N4O3S/c1-11(23(21,22)14-9-5-8-13(20)10-14)15-16-17-18-19(15)12-6-3-2-4-7-12/h2-11,20H,1H3. The highest BCUT2D eigenvalue weighted by Crippen LogP contribution is 2.29. The Balaban J connectivity index is 2.05. The van der Waals surface area contributed by atoms with Crippen LogP contribution >= 0.6 is 0 Å². The van der Waals surface area contributed by atoms with Crippen LogP contribution < -0.4 is 0 Å². The lowest BCUT2D eigenvalue weighted by atomic mass is 10.3. The minimum atomic E-state index is -3.74. The van der Waals surface area contributed by atoms with Crippen LogP contribution in [0.3, 0.4) is 0 Å². The number of hydrogen-bond acceptors (Lipinski definition) is 6. The van der Waals surface area contributed by atoms with Crippen LogP contribution in [0.2, 0.25) is 0 Å². The van der Waals surface area contributed by atoms with Gasteiger partial charge in [0, 0.05) is 0 Å². The first-order valence-corrected chi connectivity index (χ1v) is 8.41. The third kappa shape index (κ3) is 2.80. The summed E-state index contributed by atoms with van der Waals surface area (Å²) in [5.41, 5.74) is 0.672. The molecule has 0 saturated heterocycles. The predicted octanol–water partition coefficient (Wildman–Crippen LogP) is 1.90. The molecule has 23 heavy (non-hydrogen) atoms. The second-order valence-corrected chi connectivity index (χ2v) is 7.24. The van der Waals surface area contributed by atoms with E-state index in [2.05, 4.69) is 15.5 Å². The lowest BCUT2D eigenvalue weighted by Gasteiger charge is -2.13. The summed E-state index contributed by atoms with van der Waals surface area (Å²) >= 11 is 0. The second-order valence-electron chi connectivity index (χ2n) is 4.97. The van der Waals surface area contributed by atoms with Crippen LogP contribution in [0.1, 0.15) is 18.0 Å². The highest BCUT2D eigenvalue weighted by Gasteiger charge is 2.30. The van der Waals surface area contributed by atoms with E-state index in [4.69, 9.17) is 0 Å². The zero-order valence-corrected chi connectivity index (χ0v) is 13.1. The molecule has 2 aromatic carbocycles. The number of benzene rings is 2. The number of aromatic nitrogens is 4. The van der Waals surface area contributed by atoms with Gasteiger partial charge in [0.1, 0.15) is 11.0 Å². The molecule has 1 unspecified atom stereocenters. The van der Waals surface area contributed by atoms with Crippen molar-refractivity contribution in [1.82, 2.24) is 20.2 Å². The summed E-state index contributed by atoms with van der Waals surface area (Å²) in [5, 5.41) is 19.9. The molecule has 3 rings (SSSR count). The van der Waals surface area contributed by atoms with E-state index >= 15 is 0 Å². The largest absolute Gasteiger partial charge is 0.508 e. The Morgan fingerprint density at radius 1 is 1.09 bits per heavy atom. The van der Waals surface area contributed by atoms with Gasteiger partial charge in [-0.3, -0.25) is 0 Å². The van der Waals surface area contributed by atoms with Crippen LogP contribution in [-0.4, -0.2) is 33.7 Å². The number of phenolic OH excluding ortho intramolecular Hbond substituents is 1. The van der Waals surface area contributed by atoms with Crippen LogP contribution in [0.15, 0.2) is 59.5 Å². The monoisotopic (exact) mass is 330 g/mol. The topological polar surface area (TPSA) is 98.0 Å². The van der Waals surface area contributed by atoms with E-state index < -0.39 is 15.1 Å². The number of sulfone groups is 1. The zero-order chi connectivity index (χ0) is 16.4. The summed E-state index contributed by atoms with van der Waals surface area (Å²) in [6.45, 7) is 1.52. The molecule has 3 aromatic rings. The Labute approximate surface area is 133 Å². The van der Waals surface area contributed by atoms with Crippen molar-refractivity contribution in [2.75, 3.05) is 0 Å². The Morgan fingerprint density at radius 3 is 2.52 bits per heavy atom. The van der Waals surface area contributed by atoms with Gasteiger partial charge in [0.2, 0.25) is 0 Å². The first-order chi connectivity index (χ1) is 11.0. The maximum Gasteiger partial charge on any atom is 0.188 e. The van der Waals surface area contributed by atoms with Crippen molar-refractivity contribution in [3.63, 3.8) is 0 Å². The normalized spacial score (nSPS) is 12.9. The van der Waals surface area contributed by atoms with Crippen molar-refractivity contribution in [2.45, 2.75) is 17.1 Å². The van der Waals surface area contributed by atoms with Gasteiger partial charge in [0.15, 0.2) is 15.7 Å². The maximum absolute atomic E-state index is 12.7. The summed E-state index contributed by atoms with van der Waals surface area (Å²) in [7, 11) is -3.74. The van der Waals surface area contributed by atoms with Crippen molar-refractivity contribution >= 4 is 9.84 Å². The highest BCUT2D eigenvalue weighted by atomic mass is 32.2. The predicted molar refractivity (Wildman–Crippen MR) is 82.9 cm³/mol. The van der Waals surface area contributed by atoms with Gasteiger partial charge in [0.05, 0.1) is 10.6 Å². The van der Waals surface area contributed by atoms with Crippen molar-refractivity contribution in [2.24, 2.45) is 0 Å². The molecule has 1 heterocycles. The quantitative estimate of drug-likeness (QED) is 0.784. The summed E-state index contributed by atoms with van der Waals surface area (Å²) in [6.07, 6.45) is 0. The number of hydrogen-bond donors (Lipinski definition) is 1. The Bertz CT molecular complexity index is 923. The second kappa shape index (κ2) is 5.81. The number of rotatable bonds is 4. The van der Waals surface area contributed by atoms with Crippen LogP contribution in [0.25, 0.3) is 5.69 Å². The Kier molecular flexibility index (Phi) is 3.83. The molecular weight excluding hydrogens is 316 g/mol. The molecule has 1 aromatic heterocycles. The van der Waals surface area contributed by atoms with Gasteiger partial charge in [0.25, 0.3) is 0 Å². The van der Waals surface area contributed by atoms with Gasteiger partial charge in [-0.15, -0.1) is 5.10 Å². The van der Waals surface area contributed by atoms with Crippen molar-refractivity contribution in [3.05, 3.63) is 60.4 Å². The summed E-state index contributed by atoms with van der Waals surface area (Å²) in [4.78, 5) is 0.0209. The molecule has 1 N–H and O–H groups in total. The van der Waals surface area contributed by atoms with Gasteiger partial charge in [-0.25, -0.2) is 8.42 Å². The van der Waals surface area contributed by atoms with Crippen LogP contribution in [-0.2, 0) is 9.84 Å². The van der Waals surface area contributed by atoms with Gasteiger partial charge in [-0.2, -0.15) is 4.68 Å². The molecule has 118 valence electrons. The van der Waals surface area contributed by atoms with E-state index in [1.807, 2.05) is 18.2 Å². The lowest BCUT2D eigenvalue weighted by molar-refractivity contribution is 0.473. The summed E-state index contributed by atoms with van der Waals surface area (Å²) < 4.78 is 26.9. The molecule has 0 saturated carbocycles. The average Bonchev–Trinajstić information content (AvgIpc) is 3.04. The third-order valence-electron chi connectivity index (χ3n) is 3.47. The van der Waals surface area contributed by atoms with E-state index in [9.17, 15) is 13.5 Å². The number of phenols is 1. The molecule has 0 aliphatic rings. The molecule has 8 heteroatoms. The van der Waals surface area contributed by atoms with Crippen LogP contribution in [0.4, 0.5) is 0 Å². The first kappa shape index (κ1) is 15.2. The highest BCUT2D eigenvalue weighted by molar-refractivity contribution is 7.91. The molecule has 0 amide bonds. The van der Waals surface area contributed by atoms with E-state index in [-0.39, 0.29) is 16.5 Å². The molecule has 0 spiro atoms. The smallest absolute Gasteiger partial charge is 0.188 e. The van der Waals surface area contributed by atoms with Gasteiger partial charge in [-0.1, -0.05) is 24.3 Å². The minimum absolute atomic E-state index is 0.0209. The lowest BCUT2D eigenvalue weighted by Crippen LogP contribution is -2.16. The fraction of sp³-hybridized carbons (Fsp3) is 0.133. The molecule has 0 radical (unpaired) electrons. The molecule has 1 atom stereocenters. The number of nitrogens with zero attached hydrogens (tertiary/aromatic N) is 4. The van der Waals surface area contributed by atoms with Gasteiger partial charge < -0.3 is 5.11 Å². The van der Waals surface area contributed by atoms with Gasteiger partial charge >= 0.3 is 0 Å². The first-order valence-electron chi connectivity index (χ1n) is 6.87. The average molecular weight is 330 g/mol. The minimum Gasteiger partial charge on any atom is -0.508 e. The summed E-state index contributed by atoms with van der Waals surface area (Å²) in [5.74, 6) is 0.0977. The molecule has 0 aliphatic carbocycles.